The van der Waals surface area contributed by atoms with Gasteiger partial charge in [0.2, 0.25) is 35.4 Å². The van der Waals surface area contributed by atoms with Gasteiger partial charge in [0.05, 0.1) is 50.9 Å². The maximum absolute atomic E-state index is 13.1. The van der Waals surface area contributed by atoms with Crippen LogP contribution in [0.4, 0.5) is 0 Å². The normalized spacial score (nSPS) is 20.4. The number of benzene rings is 3. The Morgan fingerprint density at radius 2 is 0.921 bits per heavy atom. The van der Waals surface area contributed by atoms with E-state index in [-0.39, 0.29) is 65.5 Å². The molecule has 6 aromatic rings. The van der Waals surface area contributed by atoms with Crippen LogP contribution >= 0.6 is 0 Å². The lowest BCUT2D eigenvalue weighted by Crippen LogP contribution is -2.39. The first-order valence-electron chi connectivity index (χ1n) is 21.9. The van der Waals surface area contributed by atoms with Crippen molar-refractivity contribution in [3.63, 3.8) is 0 Å². The van der Waals surface area contributed by atoms with Crippen molar-refractivity contribution in [1.29, 1.82) is 0 Å². The molecule has 3 aliphatic heterocycles. The molecule has 6 amide bonds. The summed E-state index contributed by atoms with van der Waals surface area (Å²) in [5.74, 6) is -1.88. The van der Waals surface area contributed by atoms with Crippen molar-refractivity contribution in [2.24, 2.45) is 0 Å². The predicted molar refractivity (Wildman–Crippen MR) is 236 cm³/mol. The van der Waals surface area contributed by atoms with Gasteiger partial charge in [0.1, 0.15) is 17.5 Å². The van der Waals surface area contributed by atoms with Crippen LogP contribution in [0.1, 0.15) is 150 Å². The molecule has 15 nitrogen and oxygen atoms in total. The monoisotopic (exact) mass is 851 g/mol. The molecule has 3 aliphatic rings. The minimum atomic E-state index is -0.586. The van der Waals surface area contributed by atoms with Gasteiger partial charge in [0.15, 0.2) is 0 Å². The number of amides is 6. The lowest BCUT2D eigenvalue weighted by Gasteiger charge is -2.33. The molecular weight excluding hydrogens is 799 g/mol. The minimum Gasteiger partial charge on any atom is -0.341 e. The number of aromatic nitrogens is 6. The summed E-state index contributed by atoms with van der Waals surface area (Å²) in [6.07, 6.45) is 4.11. The molecule has 3 fully saturated rings. The summed E-state index contributed by atoms with van der Waals surface area (Å²) >= 11 is 0. The Morgan fingerprint density at radius 3 is 1.38 bits per heavy atom. The van der Waals surface area contributed by atoms with Gasteiger partial charge < -0.3 is 15.0 Å². The van der Waals surface area contributed by atoms with Gasteiger partial charge in [-0.15, -0.1) is 0 Å². The highest BCUT2D eigenvalue weighted by Crippen LogP contribution is 2.42. The number of rotatable bonds is 11. The molecule has 0 aliphatic carbocycles. The van der Waals surface area contributed by atoms with Crippen LogP contribution in [0.25, 0.3) is 33.1 Å². The third kappa shape index (κ3) is 7.82. The van der Waals surface area contributed by atoms with Crippen molar-refractivity contribution < 1.29 is 28.8 Å². The number of fused-ring (bicyclic) bond motifs is 3. The molecule has 3 unspecified atom stereocenters. The van der Waals surface area contributed by atoms with Crippen LogP contribution < -0.4 is 16.0 Å². The molecule has 0 bridgehead atoms. The Morgan fingerprint density at radius 1 is 0.508 bits per heavy atom. The molecule has 3 aromatic carbocycles. The maximum atomic E-state index is 13.1. The molecule has 0 saturated carbocycles. The fourth-order valence-electron chi connectivity index (χ4n) is 9.76. The highest BCUT2D eigenvalue weighted by atomic mass is 16.2. The quantitative estimate of drug-likeness (QED) is 0.0789. The second kappa shape index (κ2) is 15.4. The fraction of sp³-hybridized carbons (Fsp3) is 0.438. The smallest absolute Gasteiger partial charge is 0.237 e. The molecule has 9 rings (SSSR count). The Kier molecular flexibility index (Phi) is 10.2. The minimum absolute atomic E-state index is 0.236. The Bertz CT molecular complexity index is 2900. The zero-order chi connectivity index (χ0) is 44.6. The first kappa shape index (κ1) is 41.8. The number of piperidine rings is 3. The lowest BCUT2D eigenvalue weighted by atomic mass is 9.71. The van der Waals surface area contributed by atoms with Crippen LogP contribution in [-0.2, 0) is 51.4 Å². The summed E-state index contributed by atoms with van der Waals surface area (Å²) in [6.45, 7) is 13.3. The van der Waals surface area contributed by atoms with E-state index < -0.39 is 23.2 Å². The van der Waals surface area contributed by atoms with Gasteiger partial charge in [-0.3, -0.25) is 44.7 Å². The van der Waals surface area contributed by atoms with E-state index in [2.05, 4.69) is 96.7 Å². The number of carbonyl (C=O) groups excluding carboxylic acids is 6. The molecule has 326 valence electrons. The number of para-hydroxylation sites is 2. The number of carbonyl (C=O) groups is 6. The standard InChI is InChI=1S/C48H53N9O6/c1-46(2,19-20-47(3,4)29-9-7-11-31-38(29)56-40(49-31)26-13-16-34(58)52-43(26)61)25-21-24(37-33(22-25)51-42(55-37)28-15-18-36(60)54-45(28)63)23-48(5,6)30-10-8-12-32-39(30)57-41(50-32)27-14-17-35(59)53-44(27)62/h7-12,21-22,26-28H,13-20,23H2,1-6H3,(H,49,56)(H,50,57)(H,51,55)(H,52,58,61)(H,53,59,62)(H,54,60,63). The van der Waals surface area contributed by atoms with E-state index in [9.17, 15) is 28.8 Å². The molecule has 0 radical (unpaired) electrons. The number of imide groups is 3. The topological polar surface area (TPSA) is 225 Å². The highest BCUT2D eigenvalue weighted by Gasteiger charge is 2.36. The first-order chi connectivity index (χ1) is 29.9. The van der Waals surface area contributed by atoms with Crippen molar-refractivity contribution in [3.05, 3.63) is 88.3 Å². The molecule has 3 atom stereocenters. The Balaban J connectivity index is 1.05. The van der Waals surface area contributed by atoms with Crippen LogP contribution in [0.2, 0.25) is 0 Å². The summed E-state index contributed by atoms with van der Waals surface area (Å²) < 4.78 is 0. The molecule has 3 aromatic heterocycles. The largest absolute Gasteiger partial charge is 0.341 e. The van der Waals surface area contributed by atoms with E-state index in [0.29, 0.717) is 43.2 Å². The summed E-state index contributed by atoms with van der Waals surface area (Å²) in [5.41, 5.74) is 7.83. The van der Waals surface area contributed by atoms with Crippen LogP contribution in [-0.4, -0.2) is 65.3 Å². The van der Waals surface area contributed by atoms with E-state index in [1.807, 2.05) is 24.3 Å². The van der Waals surface area contributed by atoms with Crippen LogP contribution in [0, 0.1) is 0 Å². The van der Waals surface area contributed by atoms with Gasteiger partial charge in [-0.25, -0.2) is 15.0 Å². The van der Waals surface area contributed by atoms with Crippen LogP contribution in [0.5, 0.6) is 0 Å². The summed E-state index contributed by atoms with van der Waals surface area (Å²) in [5, 5.41) is 7.38. The van der Waals surface area contributed by atoms with Crippen LogP contribution in [0.15, 0.2) is 48.5 Å². The van der Waals surface area contributed by atoms with E-state index in [4.69, 9.17) is 15.0 Å². The maximum Gasteiger partial charge on any atom is 0.237 e. The third-order valence-corrected chi connectivity index (χ3v) is 13.7. The summed E-state index contributed by atoms with van der Waals surface area (Å²) in [7, 11) is 0. The van der Waals surface area contributed by atoms with Crippen molar-refractivity contribution in [1.82, 2.24) is 45.9 Å². The number of hydrogen-bond acceptors (Lipinski definition) is 9. The number of nitrogens with zero attached hydrogens (tertiary/aromatic N) is 3. The van der Waals surface area contributed by atoms with Gasteiger partial charge in [0.25, 0.3) is 0 Å². The Labute approximate surface area is 363 Å². The van der Waals surface area contributed by atoms with E-state index in [0.717, 1.165) is 68.2 Å². The van der Waals surface area contributed by atoms with Crippen molar-refractivity contribution in [2.45, 2.75) is 133 Å². The highest BCUT2D eigenvalue weighted by molar-refractivity contribution is 6.02. The number of hydrogen-bond donors (Lipinski definition) is 6. The molecule has 15 heteroatoms. The second-order valence-electron chi connectivity index (χ2n) is 19.6. The van der Waals surface area contributed by atoms with Gasteiger partial charge in [-0.05, 0) is 95.2 Å². The van der Waals surface area contributed by atoms with Gasteiger partial charge in [0, 0.05) is 19.3 Å². The summed E-state index contributed by atoms with van der Waals surface area (Å²) in [4.78, 5) is 99.7. The molecule has 3 saturated heterocycles. The fourth-order valence-corrected chi connectivity index (χ4v) is 9.76. The van der Waals surface area contributed by atoms with Crippen molar-refractivity contribution in [3.8, 4) is 0 Å². The van der Waals surface area contributed by atoms with Gasteiger partial charge in [-0.1, -0.05) is 71.9 Å². The third-order valence-electron chi connectivity index (χ3n) is 13.7. The number of imidazole rings is 3. The predicted octanol–water partition coefficient (Wildman–Crippen LogP) is 6.43. The molecule has 6 heterocycles. The molecule has 63 heavy (non-hydrogen) atoms. The van der Waals surface area contributed by atoms with Crippen molar-refractivity contribution >= 4 is 68.5 Å². The number of nitrogens with one attached hydrogen (secondary N) is 6. The molecule has 0 spiro atoms. The SMILES string of the molecule is CC(C)(CCC(C)(C)c1cccc2[nH]c(C3CCC(=O)NC3=O)nc12)c1cc(CC(C)(C)c2cccc3[nH]c(C4CCC(=O)NC4=O)nc23)c2nc(C3CCC(=O)NC3=O)[nH]c2c1. The average Bonchev–Trinajstić information content (AvgIpc) is 3.97. The average molecular weight is 852 g/mol. The second-order valence-corrected chi connectivity index (χ2v) is 19.6. The van der Waals surface area contributed by atoms with Crippen LogP contribution in [0.3, 0.4) is 0 Å². The lowest BCUT2D eigenvalue weighted by molar-refractivity contribution is -0.136. The van der Waals surface area contributed by atoms with E-state index in [1.165, 1.54) is 0 Å². The van der Waals surface area contributed by atoms with Crippen molar-refractivity contribution in [2.75, 3.05) is 0 Å². The van der Waals surface area contributed by atoms with E-state index in [1.54, 1.807) is 0 Å². The molecular formula is C48H53N9O6. The summed E-state index contributed by atoms with van der Waals surface area (Å²) in [6, 6.07) is 16.5. The van der Waals surface area contributed by atoms with Gasteiger partial charge in [-0.2, -0.15) is 0 Å². The number of H-pyrrole nitrogens is 3. The van der Waals surface area contributed by atoms with E-state index >= 15 is 0 Å². The zero-order valence-corrected chi connectivity index (χ0v) is 36.5. The molecule has 6 N–H and O–H groups in total. The first-order valence-corrected chi connectivity index (χ1v) is 21.9. The zero-order valence-electron chi connectivity index (χ0n) is 36.5. The Hall–Kier alpha value is -6.51. The number of aromatic amines is 3. The van der Waals surface area contributed by atoms with Gasteiger partial charge >= 0.3 is 0 Å².